The molecular formula is C24H26F2O4. The smallest absolute Gasteiger partial charge is 0.335 e. The van der Waals surface area contributed by atoms with Crippen LogP contribution in [0.5, 0.6) is 0 Å². The predicted octanol–water partition coefficient (Wildman–Crippen LogP) is 4.74. The number of hydrogen-bond donors (Lipinski definition) is 2. The van der Waals surface area contributed by atoms with Crippen molar-refractivity contribution in [3.63, 3.8) is 0 Å². The molecule has 0 amide bonds. The quantitative estimate of drug-likeness (QED) is 0.667. The summed E-state index contributed by atoms with van der Waals surface area (Å²) >= 11 is 0. The average Bonchev–Trinajstić information content (AvgIpc) is 3.15. The summed E-state index contributed by atoms with van der Waals surface area (Å²) in [7, 11) is 0. The molecule has 1 unspecified atom stereocenters. The number of aliphatic hydroxyl groups excluding tert-OH is 1. The predicted molar refractivity (Wildman–Crippen MR) is 110 cm³/mol. The zero-order valence-corrected chi connectivity index (χ0v) is 16.9. The summed E-state index contributed by atoms with van der Waals surface area (Å²) in [6.45, 7) is 2.04. The van der Waals surface area contributed by atoms with E-state index >= 15 is 0 Å². The first-order valence-corrected chi connectivity index (χ1v) is 9.92. The highest BCUT2D eigenvalue weighted by Gasteiger charge is 2.19. The molecular weight excluding hydrogens is 390 g/mol. The molecule has 160 valence electrons. The standard InChI is InChI=1S/C15H16F2O2.C9H10O2/c16-12-3-6-15(17)11(8-12)9-14(19)5-2-10-1-4-13(18)7-10;1-2-7-3-5-8(6-4-7)9(10)11/h2-3,5-6,8,10,14,19H,1,4,7,9H2;3-6H,2H2,1H3,(H,10,11)/b5-2+;/t10-,14?;/m1./s1. The fourth-order valence-electron chi connectivity index (χ4n) is 3.17. The molecule has 1 aliphatic rings. The molecule has 2 aromatic rings. The number of carboxylic acids is 1. The minimum absolute atomic E-state index is 0.0285. The van der Waals surface area contributed by atoms with Crippen LogP contribution in [-0.4, -0.2) is 28.1 Å². The molecule has 0 aliphatic heterocycles. The molecule has 0 radical (unpaired) electrons. The van der Waals surface area contributed by atoms with Crippen LogP contribution in [0, 0.1) is 17.6 Å². The van der Waals surface area contributed by atoms with Crippen molar-refractivity contribution in [1.29, 1.82) is 0 Å². The van der Waals surface area contributed by atoms with Gasteiger partial charge in [0.1, 0.15) is 17.4 Å². The number of aryl methyl sites for hydroxylation is 1. The van der Waals surface area contributed by atoms with Crippen LogP contribution in [-0.2, 0) is 17.6 Å². The normalized spacial score (nSPS) is 16.9. The number of rotatable bonds is 6. The second kappa shape index (κ2) is 11.4. The third-order valence-electron chi connectivity index (χ3n) is 4.94. The van der Waals surface area contributed by atoms with Gasteiger partial charge in [-0.25, -0.2) is 13.6 Å². The van der Waals surface area contributed by atoms with E-state index in [2.05, 4.69) is 0 Å². The van der Waals surface area contributed by atoms with Gasteiger partial charge in [0.15, 0.2) is 0 Å². The van der Waals surface area contributed by atoms with Crippen LogP contribution >= 0.6 is 0 Å². The van der Waals surface area contributed by atoms with Gasteiger partial charge in [0.2, 0.25) is 0 Å². The van der Waals surface area contributed by atoms with Gasteiger partial charge >= 0.3 is 5.97 Å². The number of benzene rings is 2. The molecule has 1 saturated carbocycles. The fourth-order valence-corrected chi connectivity index (χ4v) is 3.17. The molecule has 1 fully saturated rings. The summed E-state index contributed by atoms with van der Waals surface area (Å²) in [5, 5.41) is 18.3. The molecule has 2 atom stereocenters. The summed E-state index contributed by atoms with van der Waals surface area (Å²) in [4.78, 5) is 21.5. The van der Waals surface area contributed by atoms with E-state index in [0.717, 1.165) is 36.6 Å². The maximum Gasteiger partial charge on any atom is 0.335 e. The van der Waals surface area contributed by atoms with Crippen molar-refractivity contribution in [2.24, 2.45) is 5.92 Å². The van der Waals surface area contributed by atoms with Crippen molar-refractivity contribution >= 4 is 11.8 Å². The van der Waals surface area contributed by atoms with Crippen molar-refractivity contribution in [2.45, 2.75) is 45.1 Å². The van der Waals surface area contributed by atoms with Crippen LogP contribution in [0.15, 0.2) is 54.6 Å². The summed E-state index contributed by atoms with van der Waals surface area (Å²) in [5.74, 6) is -1.51. The Morgan fingerprint density at radius 1 is 1.20 bits per heavy atom. The molecule has 0 spiro atoms. The Bertz CT molecular complexity index is 891. The second-order valence-corrected chi connectivity index (χ2v) is 7.29. The lowest BCUT2D eigenvalue weighted by Crippen LogP contribution is -2.09. The van der Waals surface area contributed by atoms with Crippen LogP contribution < -0.4 is 0 Å². The lowest BCUT2D eigenvalue weighted by molar-refractivity contribution is -0.117. The van der Waals surface area contributed by atoms with Gasteiger partial charge in [-0.15, -0.1) is 0 Å². The maximum absolute atomic E-state index is 13.4. The molecule has 4 nitrogen and oxygen atoms in total. The van der Waals surface area contributed by atoms with Crippen molar-refractivity contribution in [2.75, 3.05) is 0 Å². The first kappa shape index (κ1) is 23.4. The average molecular weight is 416 g/mol. The number of carbonyl (C=O) groups excluding carboxylic acids is 1. The minimum Gasteiger partial charge on any atom is -0.478 e. The van der Waals surface area contributed by atoms with E-state index in [-0.39, 0.29) is 23.7 Å². The van der Waals surface area contributed by atoms with Crippen LogP contribution in [0.1, 0.15) is 47.7 Å². The summed E-state index contributed by atoms with van der Waals surface area (Å²) in [5.41, 5.74) is 1.66. The zero-order chi connectivity index (χ0) is 22.1. The maximum atomic E-state index is 13.4. The number of carbonyl (C=O) groups is 2. The summed E-state index contributed by atoms with van der Waals surface area (Å²) < 4.78 is 26.3. The molecule has 0 bridgehead atoms. The number of ketones is 1. The van der Waals surface area contributed by atoms with Crippen LogP contribution in [0.4, 0.5) is 8.78 Å². The van der Waals surface area contributed by atoms with E-state index in [1.54, 1.807) is 24.3 Å². The first-order valence-electron chi connectivity index (χ1n) is 9.92. The molecule has 30 heavy (non-hydrogen) atoms. The number of aliphatic hydroxyl groups is 1. The lowest BCUT2D eigenvalue weighted by atomic mass is 10.0. The number of Topliss-reactive ketones (excluding diaryl/α,β-unsaturated/α-hetero) is 1. The highest BCUT2D eigenvalue weighted by molar-refractivity contribution is 5.87. The van der Waals surface area contributed by atoms with Gasteiger partial charge in [-0.1, -0.05) is 31.2 Å². The van der Waals surface area contributed by atoms with Crippen LogP contribution in [0.2, 0.25) is 0 Å². The Labute approximate surface area is 174 Å². The molecule has 0 heterocycles. The largest absolute Gasteiger partial charge is 0.478 e. The van der Waals surface area contributed by atoms with Gasteiger partial charge in [-0.3, -0.25) is 4.79 Å². The molecule has 2 aromatic carbocycles. The van der Waals surface area contributed by atoms with Gasteiger partial charge in [0.05, 0.1) is 11.7 Å². The SMILES string of the molecule is CCc1ccc(C(=O)O)cc1.O=C1CC[C@H](/C=C/C(O)Cc2cc(F)ccc2F)C1. The second-order valence-electron chi connectivity index (χ2n) is 7.29. The molecule has 0 aromatic heterocycles. The van der Waals surface area contributed by atoms with E-state index in [9.17, 15) is 23.5 Å². The first-order chi connectivity index (χ1) is 14.3. The molecule has 0 saturated heterocycles. The van der Waals surface area contributed by atoms with Crippen molar-refractivity contribution in [1.82, 2.24) is 0 Å². The Morgan fingerprint density at radius 3 is 2.47 bits per heavy atom. The van der Waals surface area contributed by atoms with Gasteiger partial charge < -0.3 is 10.2 Å². The topological polar surface area (TPSA) is 74.6 Å². The van der Waals surface area contributed by atoms with E-state index in [0.29, 0.717) is 18.4 Å². The van der Waals surface area contributed by atoms with E-state index in [4.69, 9.17) is 5.11 Å². The molecule has 3 rings (SSSR count). The van der Waals surface area contributed by atoms with Crippen molar-refractivity contribution < 1.29 is 28.6 Å². The Balaban J connectivity index is 0.000000248. The number of hydrogen-bond acceptors (Lipinski definition) is 3. The molecule has 6 heteroatoms. The third kappa shape index (κ3) is 7.52. The fraction of sp³-hybridized carbons (Fsp3) is 0.333. The van der Waals surface area contributed by atoms with Crippen LogP contribution in [0.25, 0.3) is 0 Å². The van der Waals surface area contributed by atoms with E-state index in [1.165, 1.54) is 0 Å². The monoisotopic (exact) mass is 416 g/mol. The van der Waals surface area contributed by atoms with Gasteiger partial charge in [0.25, 0.3) is 0 Å². The van der Waals surface area contributed by atoms with E-state index in [1.807, 2.05) is 19.1 Å². The highest BCUT2D eigenvalue weighted by atomic mass is 19.1. The summed E-state index contributed by atoms with van der Waals surface area (Å²) in [6.07, 6.45) is 5.37. The minimum atomic E-state index is -0.869. The molecule has 1 aliphatic carbocycles. The number of aromatic carboxylic acids is 1. The summed E-state index contributed by atoms with van der Waals surface area (Å²) in [6, 6.07) is 10.1. The van der Waals surface area contributed by atoms with Crippen LogP contribution in [0.3, 0.4) is 0 Å². The zero-order valence-electron chi connectivity index (χ0n) is 16.9. The third-order valence-corrected chi connectivity index (χ3v) is 4.94. The Kier molecular flexibility index (Phi) is 8.87. The Morgan fingerprint density at radius 2 is 1.90 bits per heavy atom. The van der Waals surface area contributed by atoms with Gasteiger partial charge in [-0.2, -0.15) is 0 Å². The van der Waals surface area contributed by atoms with Gasteiger partial charge in [-0.05, 0) is 60.2 Å². The lowest BCUT2D eigenvalue weighted by Gasteiger charge is -2.08. The Hall–Kier alpha value is -2.86. The van der Waals surface area contributed by atoms with E-state index < -0.39 is 23.7 Å². The number of allylic oxidation sites excluding steroid dienone is 1. The number of halogens is 2. The highest BCUT2D eigenvalue weighted by Crippen LogP contribution is 2.23. The number of carboxylic acid groups (broad SMARTS) is 1. The van der Waals surface area contributed by atoms with Crippen molar-refractivity contribution in [3.8, 4) is 0 Å². The van der Waals surface area contributed by atoms with Crippen molar-refractivity contribution in [3.05, 3.63) is 82.9 Å². The molecule has 2 N–H and O–H groups in total. The van der Waals surface area contributed by atoms with Gasteiger partial charge in [0, 0.05) is 19.3 Å².